The van der Waals surface area contributed by atoms with E-state index in [9.17, 15) is 0 Å². The minimum Gasteiger partial charge on any atom is -0.368 e. The van der Waals surface area contributed by atoms with Crippen molar-refractivity contribution in [2.75, 3.05) is 11.4 Å². The molecule has 0 amide bonds. The van der Waals surface area contributed by atoms with Crippen molar-refractivity contribution in [2.45, 2.75) is 57.5 Å². The second-order valence-electron chi connectivity index (χ2n) is 6.44. The molecule has 0 radical (unpaired) electrons. The first kappa shape index (κ1) is 14.4. The fourth-order valence-corrected chi connectivity index (χ4v) is 4.74. The highest BCUT2D eigenvalue weighted by Crippen LogP contribution is 2.39. The molecule has 2 nitrogen and oxygen atoms in total. The maximum atomic E-state index is 6.00. The van der Waals surface area contributed by atoms with Gasteiger partial charge in [0.1, 0.15) is 0 Å². The summed E-state index contributed by atoms with van der Waals surface area (Å²) in [7, 11) is 0. The third-order valence-corrected chi connectivity index (χ3v) is 5.74. The zero-order valence-corrected chi connectivity index (χ0v) is 13.9. The Hall–Kier alpha value is -0.540. The van der Waals surface area contributed by atoms with Crippen LogP contribution in [-0.2, 0) is 0 Å². The van der Waals surface area contributed by atoms with Crippen LogP contribution in [0.4, 0.5) is 5.69 Å². The molecule has 20 heavy (non-hydrogen) atoms. The molecule has 0 spiro atoms. The molecule has 1 aliphatic carbocycles. The lowest BCUT2D eigenvalue weighted by molar-refractivity contribution is 0.431. The monoisotopic (exact) mass is 336 g/mol. The molecule has 2 fully saturated rings. The van der Waals surface area contributed by atoms with Gasteiger partial charge in [0.05, 0.1) is 0 Å². The lowest BCUT2D eigenvalue weighted by Gasteiger charge is -2.31. The van der Waals surface area contributed by atoms with Crippen LogP contribution in [0.15, 0.2) is 22.7 Å². The molecule has 2 atom stereocenters. The van der Waals surface area contributed by atoms with Crippen LogP contribution in [0.3, 0.4) is 0 Å². The van der Waals surface area contributed by atoms with Crippen LogP contribution >= 0.6 is 15.9 Å². The summed E-state index contributed by atoms with van der Waals surface area (Å²) in [5.74, 6) is 0.921. The van der Waals surface area contributed by atoms with E-state index in [1.165, 1.54) is 56.3 Å². The van der Waals surface area contributed by atoms with Crippen molar-refractivity contribution in [3.8, 4) is 0 Å². The van der Waals surface area contributed by atoms with Gasteiger partial charge >= 0.3 is 0 Å². The van der Waals surface area contributed by atoms with Crippen LogP contribution in [0, 0.1) is 5.92 Å². The molecule has 1 unspecified atom stereocenters. The van der Waals surface area contributed by atoms with Gasteiger partial charge in [0, 0.05) is 28.8 Å². The Morgan fingerprint density at radius 2 is 1.95 bits per heavy atom. The standard InChI is InChI=1S/C17H25BrN2/c1-12(19)15-9-8-14(11-16(15)18)20-10-4-7-17(20)13-5-2-3-6-13/h8-9,11-13,17H,2-7,10,19H2,1H3/t12-,17?/m1/s1. The SMILES string of the molecule is C[C@@H](N)c1ccc(N2CCCC2C2CCCC2)cc1Br. The number of hydrogen-bond donors (Lipinski definition) is 1. The molecule has 1 heterocycles. The molecule has 3 rings (SSSR count). The number of hydrogen-bond acceptors (Lipinski definition) is 2. The van der Waals surface area contributed by atoms with E-state index < -0.39 is 0 Å². The Morgan fingerprint density at radius 3 is 2.60 bits per heavy atom. The summed E-state index contributed by atoms with van der Waals surface area (Å²) in [5, 5.41) is 0. The Labute approximate surface area is 130 Å². The predicted octanol–water partition coefficient (Wildman–Crippen LogP) is 4.63. The van der Waals surface area contributed by atoms with Crippen LogP contribution < -0.4 is 10.6 Å². The summed E-state index contributed by atoms with van der Waals surface area (Å²) in [5.41, 5.74) is 8.57. The van der Waals surface area contributed by atoms with E-state index in [-0.39, 0.29) is 6.04 Å². The minimum atomic E-state index is 0.0858. The maximum Gasteiger partial charge on any atom is 0.0380 e. The van der Waals surface area contributed by atoms with Crippen molar-refractivity contribution in [1.29, 1.82) is 0 Å². The van der Waals surface area contributed by atoms with Gasteiger partial charge in [-0.05, 0) is 56.2 Å². The van der Waals surface area contributed by atoms with E-state index in [0.29, 0.717) is 0 Å². The lowest BCUT2D eigenvalue weighted by atomic mass is 9.95. The van der Waals surface area contributed by atoms with Crippen molar-refractivity contribution in [3.05, 3.63) is 28.2 Å². The van der Waals surface area contributed by atoms with Gasteiger partial charge in [-0.2, -0.15) is 0 Å². The fraction of sp³-hybridized carbons (Fsp3) is 0.647. The molecule has 3 heteroatoms. The molecule has 0 aromatic heterocycles. The number of benzene rings is 1. The van der Waals surface area contributed by atoms with E-state index in [1.807, 2.05) is 6.92 Å². The Kier molecular flexibility index (Phi) is 4.37. The maximum absolute atomic E-state index is 6.00. The topological polar surface area (TPSA) is 29.3 Å². The summed E-state index contributed by atoms with van der Waals surface area (Å²) in [6.07, 6.45) is 8.44. The number of halogens is 1. The Morgan fingerprint density at radius 1 is 1.20 bits per heavy atom. The van der Waals surface area contributed by atoms with Crippen LogP contribution in [0.2, 0.25) is 0 Å². The summed E-state index contributed by atoms with van der Waals surface area (Å²) < 4.78 is 1.15. The molecular weight excluding hydrogens is 312 g/mol. The van der Waals surface area contributed by atoms with Gasteiger partial charge in [-0.3, -0.25) is 0 Å². The zero-order chi connectivity index (χ0) is 14.1. The fourth-order valence-electron chi connectivity index (χ4n) is 4.01. The highest BCUT2D eigenvalue weighted by molar-refractivity contribution is 9.10. The summed E-state index contributed by atoms with van der Waals surface area (Å²) >= 11 is 3.69. The largest absolute Gasteiger partial charge is 0.368 e. The molecule has 1 aromatic rings. The van der Waals surface area contributed by atoms with Gasteiger partial charge in [-0.25, -0.2) is 0 Å². The highest BCUT2D eigenvalue weighted by Gasteiger charge is 2.33. The van der Waals surface area contributed by atoms with Gasteiger partial charge in [0.25, 0.3) is 0 Å². The van der Waals surface area contributed by atoms with Crippen LogP contribution in [0.1, 0.15) is 57.1 Å². The van der Waals surface area contributed by atoms with E-state index in [0.717, 1.165) is 16.4 Å². The first-order chi connectivity index (χ1) is 9.66. The number of rotatable bonds is 3. The number of nitrogens with two attached hydrogens (primary N) is 1. The normalized spacial score (nSPS) is 25.4. The number of nitrogens with zero attached hydrogens (tertiary/aromatic N) is 1. The van der Waals surface area contributed by atoms with Crippen molar-refractivity contribution in [2.24, 2.45) is 11.7 Å². The first-order valence-electron chi connectivity index (χ1n) is 7.98. The Balaban J connectivity index is 1.82. The van der Waals surface area contributed by atoms with Gasteiger partial charge in [-0.15, -0.1) is 0 Å². The predicted molar refractivity (Wildman–Crippen MR) is 89.1 cm³/mol. The van der Waals surface area contributed by atoms with Crippen molar-refractivity contribution in [1.82, 2.24) is 0 Å². The molecule has 1 saturated heterocycles. The van der Waals surface area contributed by atoms with Gasteiger partial charge in [0.2, 0.25) is 0 Å². The van der Waals surface area contributed by atoms with Crippen LogP contribution in [0.5, 0.6) is 0 Å². The van der Waals surface area contributed by atoms with Crippen molar-refractivity contribution < 1.29 is 0 Å². The van der Waals surface area contributed by atoms with E-state index in [2.05, 4.69) is 39.0 Å². The molecular formula is C17H25BrN2. The summed E-state index contributed by atoms with van der Waals surface area (Å²) in [6, 6.07) is 7.57. The first-order valence-corrected chi connectivity index (χ1v) is 8.78. The average Bonchev–Trinajstić information content (AvgIpc) is 3.09. The van der Waals surface area contributed by atoms with Gasteiger partial charge < -0.3 is 10.6 Å². The Bertz CT molecular complexity index is 466. The molecule has 1 aliphatic heterocycles. The third kappa shape index (κ3) is 2.75. The van der Waals surface area contributed by atoms with Gasteiger partial charge in [-0.1, -0.05) is 34.8 Å². The quantitative estimate of drug-likeness (QED) is 0.871. The van der Waals surface area contributed by atoms with Crippen molar-refractivity contribution >= 4 is 21.6 Å². The van der Waals surface area contributed by atoms with Gasteiger partial charge in [0.15, 0.2) is 0 Å². The highest BCUT2D eigenvalue weighted by atomic mass is 79.9. The van der Waals surface area contributed by atoms with Crippen LogP contribution in [0.25, 0.3) is 0 Å². The molecule has 1 aromatic carbocycles. The number of anilines is 1. The van der Waals surface area contributed by atoms with Crippen molar-refractivity contribution in [3.63, 3.8) is 0 Å². The minimum absolute atomic E-state index is 0.0858. The average molecular weight is 337 g/mol. The summed E-state index contributed by atoms with van der Waals surface area (Å²) in [4.78, 5) is 2.64. The molecule has 2 aliphatic rings. The lowest BCUT2D eigenvalue weighted by Crippen LogP contribution is -2.34. The smallest absolute Gasteiger partial charge is 0.0380 e. The second kappa shape index (κ2) is 6.07. The third-order valence-electron chi connectivity index (χ3n) is 5.05. The second-order valence-corrected chi connectivity index (χ2v) is 7.30. The van der Waals surface area contributed by atoms with E-state index in [4.69, 9.17) is 5.73 Å². The van der Waals surface area contributed by atoms with Crippen LogP contribution in [-0.4, -0.2) is 12.6 Å². The molecule has 0 bridgehead atoms. The van der Waals surface area contributed by atoms with E-state index >= 15 is 0 Å². The van der Waals surface area contributed by atoms with E-state index in [1.54, 1.807) is 0 Å². The molecule has 2 N–H and O–H groups in total. The summed E-state index contributed by atoms with van der Waals surface area (Å²) in [6.45, 7) is 3.25. The molecule has 110 valence electrons. The molecule has 1 saturated carbocycles. The zero-order valence-electron chi connectivity index (χ0n) is 12.3.